The first-order valence-electron chi connectivity index (χ1n) is 5.32. The summed E-state index contributed by atoms with van der Waals surface area (Å²) >= 11 is 45.0. The summed E-state index contributed by atoms with van der Waals surface area (Å²) in [5, 5.41) is 0.111. The standard InChI is InChI=1S/C10H5Cl7O/c11-3-1-2(4-5(3)18-4)9(15)7(13)6(12)8(1,14)10(9,16)17/h1-5H/t1-,2-,3+,4-,5+,8-,9-/m0/s1. The molecule has 1 nitrogen and oxygen atoms in total. The van der Waals surface area contributed by atoms with Gasteiger partial charge in [0, 0.05) is 11.8 Å². The van der Waals surface area contributed by atoms with Crippen LogP contribution < -0.4 is 0 Å². The average Bonchev–Trinajstić information content (AvgIpc) is 2.98. The van der Waals surface area contributed by atoms with Crippen LogP contribution >= 0.6 is 81.2 Å². The molecule has 0 radical (unpaired) electrons. The first kappa shape index (κ1) is 13.4. The molecule has 18 heavy (non-hydrogen) atoms. The molecule has 4 aliphatic rings. The molecule has 0 spiro atoms. The van der Waals surface area contributed by atoms with Crippen LogP contribution in [0.4, 0.5) is 0 Å². The zero-order chi connectivity index (χ0) is 13.2. The molecule has 0 aromatic carbocycles. The molecule has 3 aliphatic carbocycles. The van der Waals surface area contributed by atoms with E-state index in [1.165, 1.54) is 0 Å². The SMILES string of the molecule is ClC1=C(Cl)[C@@]2(Cl)[C@@H]3[C@@H]4O[C@@H]4[C@H](Cl)[C@H]3[C@@]1(Cl)C2(Cl)Cl. The molecule has 7 atom stereocenters. The van der Waals surface area contributed by atoms with E-state index in [4.69, 9.17) is 85.9 Å². The number of ether oxygens (including phenoxy) is 1. The first-order chi connectivity index (χ1) is 8.20. The molecule has 3 fully saturated rings. The van der Waals surface area contributed by atoms with Crippen molar-refractivity contribution in [2.24, 2.45) is 11.8 Å². The zero-order valence-corrected chi connectivity index (χ0v) is 13.7. The van der Waals surface area contributed by atoms with Crippen molar-refractivity contribution in [1.29, 1.82) is 0 Å². The van der Waals surface area contributed by atoms with Crippen molar-refractivity contribution in [2.45, 2.75) is 31.7 Å². The largest absolute Gasteiger partial charge is 0.368 e. The summed E-state index contributed by atoms with van der Waals surface area (Å²) in [6.45, 7) is 0. The molecular weight excluding hydrogens is 384 g/mol. The van der Waals surface area contributed by atoms with Crippen LogP contribution in [0, 0.1) is 11.8 Å². The Morgan fingerprint density at radius 3 is 1.89 bits per heavy atom. The van der Waals surface area contributed by atoms with Gasteiger partial charge in [-0.2, -0.15) is 0 Å². The van der Waals surface area contributed by atoms with Gasteiger partial charge >= 0.3 is 0 Å². The molecular formula is C10H5Cl7O. The monoisotopic (exact) mass is 386 g/mol. The van der Waals surface area contributed by atoms with Gasteiger partial charge in [-0.25, -0.2) is 0 Å². The Morgan fingerprint density at radius 2 is 1.33 bits per heavy atom. The summed E-state index contributed by atoms with van der Waals surface area (Å²) in [5.74, 6) is -0.457. The average molecular weight is 389 g/mol. The normalized spacial score (nSPS) is 63.2. The Morgan fingerprint density at radius 1 is 0.833 bits per heavy atom. The number of hydrogen-bond donors (Lipinski definition) is 0. The van der Waals surface area contributed by atoms with E-state index in [2.05, 4.69) is 0 Å². The molecule has 4 rings (SSSR count). The smallest absolute Gasteiger partial charge is 0.166 e. The van der Waals surface area contributed by atoms with Gasteiger partial charge in [0.05, 0.1) is 21.5 Å². The highest BCUT2D eigenvalue weighted by Crippen LogP contribution is 2.81. The van der Waals surface area contributed by atoms with Gasteiger partial charge in [-0.3, -0.25) is 0 Å². The van der Waals surface area contributed by atoms with Crippen LogP contribution in [0.5, 0.6) is 0 Å². The van der Waals surface area contributed by atoms with E-state index in [9.17, 15) is 0 Å². The molecule has 1 saturated heterocycles. The lowest BCUT2D eigenvalue weighted by Crippen LogP contribution is -2.46. The number of rotatable bonds is 0. The third-order valence-corrected chi connectivity index (χ3v) is 9.44. The van der Waals surface area contributed by atoms with Crippen LogP contribution in [-0.4, -0.2) is 31.7 Å². The summed E-state index contributed by atoms with van der Waals surface area (Å²) in [5.41, 5.74) is 0. The van der Waals surface area contributed by atoms with E-state index in [0.717, 1.165) is 0 Å². The van der Waals surface area contributed by atoms with Crippen LogP contribution in [0.2, 0.25) is 0 Å². The van der Waals surface area contributed by atoms with Gasteiger partial charge in [0.25, 0.3) is 0 Å². The summed E-state index contributed by atoms with van der Waals surface area (Å²) < 4.78 is 4.00. The Hall–Kier alpha value is 1.73. The van der Waals surface area contributed by atoms with Gasteiger partial charge < -0.3 is 4.74 Å². The number of hydrogen-bond acceptors (Lipinski definition) is 1. The predicted molar refractivity (Wildman–Crippen MR) is 75.6 cm³/mol. The van der Waals surface area contributed by atoms with E-state index in [-0.39, 0.29) is 39.5 Å². The first-order valence-corrected chi connectivity index (χ1v) is 8.02. The van der Waals surface area contributed by atoms with Gasteiger partial charge in [-0.15, -0.1) is 34.8 Å². The second kappa shape index (κ2) is 3.38. The molecule has 100 valence electrons. The maximum absolute atomic E-state index is 6.65. The summed E-state index contributed by atoms with van der Waals surface area (Å²) in [6, 6.07) is 0. The summed E-state index contributed by atoms with van der Waals surface area (Å²) in [4.78, 5) is -2.48. The van der Waals surface area contributed by atoms with E-state index >= 15 is 0 Å². The minimum Gasteiger partial charge on any atom is -0.368 e. The molecule has 2 bridgehead atoms. The summed E-state index contributed by atoms with van der Waals surface area (Å²) in [7, 11) is 0. The number of epoxide rings is 1. The van der Waals surface area contributed by atoms with Crippen molar-refractivity contribution >= 4 is 81.2 Å². The Balaban J connectivity index is 2.01. The lowest BCUT2D eigenvalue weighted by molar-refractivity contribution is 0.204. The minimum atomic E-state index is -1.50. The highest BCUT2D eigenvalue weighted by Gasteiger charge is 2.89. The van der Waals surface area contributed by atoms with E-state index < -0.39 is 14.1 Å². The maximum atomic E-state index is 6.65. The Bertz CT molecular complexity index is 476. The lowest BCUT2D eigenvalue weighted by atomic mass is 9.83. The zero-order valence-electron chi connectivity index (χ0n) is 8.44. The molecule has 0 aromatic heterocycles. The van der Waals surface area contributed by atoms with E-state index in [0.29, 0.717) is 0 Å². The van der Waals surface area contributed by atoms with Gasteiger partial charge in [-0.1, -0.05) is 46.4 Å². The third kappa shape index (κ3) is 1.02. The van der Waals surface area contributed by atoms with Crippen molar-refractivity contribution in [2.75, 3.05) is 0 Å². The minimum absolute atomic E-state index is 0.0608. The Labute approximate surface area is 139 Å². The van der Waals surface area contributed by atoms with Crippen LogP contribution in [0.1, 0.15) is 0 Å². The van der Waals surface area contributed by atoms with E-state index in [1.807, 2.05) is 0 Å². The molecule has 1 heterocycles. The quantitative estimate of drug-likeness (QED) is 0.441. The molecule has 0 unspecified atom stereocenters. The fourth-order valence-corrected chi connectivity index (χ4v) is 7.49. The van der Waals surface area contributed by atoms with Gasteiger partial charge in [0.15, 0.2) is 4.33 Å². The van der Waals surface area contributed by atoms with Gasteiger partial charge in [0.1, 0.15) is 15.9 Å². The topological polar surface area (TPSA) is 12.5 Å². The number of fused-ring (bicyclic) bond motifs is 7. The summed E-state index contributed by atoms with van der Waals surface area (Å²) in [6.07, 6.45) is -0.152. The van der Waals surface area contributed by atoms with Crippen molar-refractivity contribution in [1.82, 2.24) is 0 Å². The molecule has 0 N–H and O–H groups in total. The second-order valence-electron chi connectivity index (χ2n) is 5.19. The maximum Gasteiger partial charge on any atom is 0.166 e. The predicted octanol–water partition coefficient (Wildman–Crippen LogP) is 4.45. The van der Waals surface area contributed by atoms with Crippen molar-refractivity contribution in [3.63, 3.8) is 0 Å². The highest BCUT2D eigenvalue weighted by molar-refractivity contribution is 6.66. The van der Waals surface area contributed by atoms with Crippen LogP contribution in [-0.2, 0) is 4.74 Å². The fourth-order valence-electron chi connectivity index (χ4n) is 3.80. The number of alkyl halides is 5. The van der Waals surface area contributed by atoms with Gasteiger partial charge in [0.2, 0.25) is 0 Å². The molecule has 0 aromatic rings. The fraction of sp³-hybridized carbons (Fsp3) is 0.800. The lowest BCUT2D eigenvalue weighted by Gasteiger charge is -2.35. The van der Waals surface area contributed by atoms with Crippen LogP contribution in [0.3, 0.4) is 0 Å². The Kier molecular flexibility index (Phi) is 2.52. The molecule has 1 aliphatic heterocycles. The molecule has 0 amide bonds. The van der Waals surface area contributed by atoms with Crippen molar-refractivity contribution in [3.05, 3.63) is 10.1 Å². The third-order valence-electron chi connectivity index (χ3n) is 4.62. The van der Waals surface area contributed by atoms with Crippen molar-refractivity contribution in [3.8, 4) is 0 Å². The molecule has 2 saturated carbocycles. The highest BCUT2D eigenvalue weighted by atomic mass is 35.5. The van der Waals surface area contributed by atoms with Gasteiger partial charge in [-0.05, 0) is 0 Å². The number of halogens is 7. The second-order valence-corrected chi connectivity index (χ2v) is 8.97. The van der Waals surface area contributed by atoms with Crippen LogP contribution in [0.15, 0.2) is 10.1 Å². The van der Waals surface area contributed by atoms with Crippen molar-refractivity contribution < 1.29 is 4.74 Å². The molecule has 8 heteroatoms. The van der Waals surface area contributed by atoms with E-state index in [1.54, 1.807) is 0 Å². The van der Waals surface area contributed by atoms with Crippen LogP contribution in [0.25, 0.3) is 0 Å². The number of allylic oxidation sites excluding steroid dienone is 2.